The summed E-state index contributed by atoms with van der Waals surface area (Å²) in [6, 6.07) is 15.3. The molecule has 4 aromatic rings. The van der Waals surface area contributed by atoms with Gasteiger partial charge in [0.15, 0.2) is 11.6 Å². The molecule has 9 nitrogen and oxygen atoms in total. The van der Waals surface area contributed by atoms with E-state index in [4.69, 9.17) is 18.0 Å². The van der Waals surface area contributed by atoms with Crippen molar-refractivity contribution in [2.75, 3.05) is 12.3 Å². The summed E-state index contributed by atoms with van der Waals surface area (Å²) < 4.78 is 0.543. The lowest BCUT2D eigenvalue weighted by Gasteiger charge is -2.13. The Labute approximate surface area is 198 Å². The third kappa shape index (κ3) is 4.45. The lowest BCUT2D eigenvalue weighted by molar-refractivity contribution is -0.122. The predicted molar refractivity (Wildman–Crippen MR) is 132 cm³/mol. The standard InChI is InChI=1S/C22H18N8OS2/c23-19-15-7-1-2-8-16(15)24-20(25-19)14-6-3-5-13(11-14)12-17-21(31)30(22(32)33-17)10-4-9-18-26-28-29-27-18/h1-3,5-8,11-12H,4,9-10H2,(H2,23,24,25)(H,26,27,28,29)/b17-12-. The SMILES string of the molecule is Nc1nc(-c2cccc(/C=C3\SC(=S)N(CCCc4nn[nH]n4)C3=O)c2)nc2ccccc12. The van der Waals surface area contributed by atoms with Crippen LogP contribution in [0, 0.1) is 0 Å². The highest BCUT2D eigenvalue weighted by atomic mass is 32.2. The fourth-order valence-electron chi connectivity index (χ4n) is 3.53. The second kappa shape index (κ2) is 9.04. The molecule has 0 aliphatic carbocycles. The van der Waals surface area contributed by atoms with Crippen LogP contribution in [0.5, 0.6) is 0 Å². The molecule has 5 rings (SSSR count). The van der Waals surface area contributed by atoms with Crippen molar-refractivity contribution in [3.63, 3.8) is 0 Å². The molecule has 1 fully saturated rings. The topological polar surface area (TPSA) is 127 Å². The number of carbonyl (C=O) groups is 1. The van der Waals surface area contributed by atoms with Gasteiger partial charge in [-0.15, -0.1) is 10.2 Å². The number of nitrogens with one attached hydrogen (secondary N) is 1. The summed E-state index contributed by atoms with van der Waals surface area (Å²) >= 11 is 6.73. The van der Waals surface area contributed by atoms with Crippen LogP contribution in [0.1, 0.15) is 17.8 Å². The number of amides is 1. The van der Waals surface area contributed by atoms with Gasteiger partial charge in [0.1, 0.15) is 10.1 Å². The molecule has 33 heavy (non-hydrogen) atoms. The lowest BCUT2D eigenvalue weighted by Crippen LogP contribution is -2.29. The first-order chi connectivity index (χ1) is 16.1. The zero-order valence-electron chi connectivity index (χ0n) is 17.3. The van der Waals surface area contributed by atoms with Crippen LogP contribution in [-0.4, -0.2) is 52.3 Å². The van der Waals surface area contributed by atoms with Crippen LogP contribution in [0.3, 0.4) is 0 Å². The Morgan fingerprint density at radius 1 is 1.15 bits per heavy atom. The summed E-state index contributed by atoms with van der Waals surface area (Å²) in [7, 11) is 0. The third-order valence-electron chi connectivity index (χ3n) is 5.12. The van der Waals surface area contributed by atoms with E-state index in [0.29, 0.717) is 46.1 Å². The number of aromatic nitrogens is 6. The number of tetrazole rings is 1. The molecule has 3 N–H and O–H groups in total. The fourth-order valence-corrected chi connectivity index (χ4v) is 4.83. The monoisotopic (exact) mass is 474 g/mol. The number of hydrogen-bond acceptors (Lipinski definition) is 9. The molecule has 0 saturated carbocycles. The summed E-state index contributed by atoms with van der Waals surface area (Å²) in [5.41, 5.74) is 8.60. The Bertz CT molecular complexity index is 1390. The van der Waals surface area contributed by atoms with E-state index in [2.05, 4.69) is 30.6 Å². The number of carbonyl (C=O) groups excluding carboxylic acids is 1. The minimum atomic E-state index is -0.102. The number of hydrogen-bond donors (Lipinski definition) is 2. The first kappa shape index (κ1) is 21.2. The van der Waals surface area contributed by atoms with Gasteiger partial charge in [-0.05, 0) is 36.3 Å². The molecule has 0 unspecified atom stereocenters. The average Bonchev–Trinajstić information content (AvgIpc) is 3.43. The average molecular weight is 475 g/mol. The Morgan fingerprint density at radius 2 is 2.03 bits per heavy atom. The van der Waals surface area contributed by atoms with Gasteiger partial charge in [0.2, 0.25) is 0 Å². The number of para-hydroxylation sites is 1. The van der Waals surface area contributed by atoms with Crippen molar-refractivity contribution in [3.05, 3.63) is 64.8 Å². The lowest BCUT2D eigenvalue weighted by atomic mass is 10.1. The van der Waals surface area contributed by atoms with Crippen molar-refractivity contribution in [1.29, 1.82) is 0 Å². The van der Waals surface area contributed by atoms with Crippen LogP contribution < -0.4 is 5.73 Å². The number of fused-ring (bicyclic) bond motifs is 1. The number of aryl methyl sites for hydroxylation is 1. The summed E-state index contributed by atoms with van der Waals surface area (Å²) in [5.74, 6) is 1.48. The van der Waals surface area contributed by atoms with E-state index in [9.17, 15) is 4.79 Å². The number of rotatable bonds is 6. The summed E-state index contributed by atoms with van der Waals surface area (Å²) in [5, 5.41) is 14.6. The summed E-state index contributed by atoms with van der Waals surface area (Å²) in [4.78, 5) is 24.2. The number of aromatic amines is 1. The molecule has 2 aromatic carbocycles. The van der Waals surface area contributed by atoms with Gasteiger partial charge in [0.05, 0.1) is 10.4 Å². The number of nitrogens with two attached hydrogens (primary N) is 1. The highest BCUT2D eigenvalue weighted by Gasteiger charge is 2.31. The van der Waals surface area contributed by atoms with Crippen molar-refractivity contribution in [2.45, 2.75) is 12.8 Å². The van der Waals surface area contributed by atoms with Crippen LogP contribution in [0.25, 0.3) is 28.4 Å². The number of anilines is 1. The van der Waals surface area contributed by atoms with E-state index < -0.39 is 0 Å². The Morgan fingerprint density at radius 3 is 2.88 bits per heavy atom. The van der Waals surface area contributed by atoms with Crippen molar-refractivity contribution < 1.29 is 4.79 Å². The van der Waals surface area contributed by atoms with Gasteiger partial charge in [-0.1, -0.05) is 59.5 Å². The quantitative estimate of drug-likeness (QED) is 0.320. The normalized spacial score (nSPS) is 15.2. The predicted octanol–water partition coefficient (Wildman–Crippen LogP) is 3.23. The molecular weight excluding hydrogens is 456 g/mol. The highest BCUT2D eigenvalue weighted by Crippen LogP contribution is 2.33. The highest BCUT2D eigenvalue weighted by molar-refractivity contribution is 8.26. The second-order valence-electron chi connectivity index (χ2n) is 7.34. The number of H-pyrrole nitrogens is 1. The van der Waals surface area contributed by atoms with Crippen molar-refractivity contribution in [1.82, 2.24) is 35.5 Å². The van der Waals surface area contributed by atoms with E-state index >= 15 is 0 Å². The molecule has 0 atom stereocenters. The third-order valence-corrected chi connectivity index (χ3v) is 6.50. The van der Waals surface area contributed by atoms with Gasteiger partial charge >= 0.3 is 0 Å². The molecular formula is C22H18N8OS2. The first-order valence-corrected chi connectivity index (χ1v) is 11.4. The maximum absolute atomic E-state index is 12.9. The second-order valence-corrected chi connectivity index (χ2v) is 9.02. The molecule has 1 saturated heterocycles. The molecule has 1 aliphatic rings. The van der Waals surface area contributed by atoms with Gasteiger partial charge in [-0.2, -0.15) is 5.21 Å². The molecule has 3 heterocycles. The molecule has 1 amide bonds. The Balaban J connectivity index is 1.35. The van der Waals surface area contributed by atoms with E-state index in [1.54, 1.807) is 4.90 Å². The smallest absolute Gasteiger partial charge is 0.266 e. The first-order valence-electron chi connectivity index (χ1n) is 10.2. The largest absolute Gasteiger partial charge is 0.383 e. The Hall–Kier alpha value is -3.70. The molecule has 2 aromatic heterocycles. The molecule has 1 aliphatic heterocycles. The number of nitrogens with zero attached hydrogens (tertiary/aromatic N) is 6. The van der Waals surface area contributed by atoms with E-state index in [1.165, 1.54) is 11.8 Å². The maximum Gasteiger partial charge on any atom is 0.266 e. The van der Waals surface area contributed by atoms with Crippen molar-refractivity contribution in [2.24, 2.45) is 0 Å². The minimum Gasteiger partial charge on any atom is -0.383 e. The van der Waals surface area contributed by atoms with Crippen LogP contribution >= 0.6 is 24.0 Å². The van der Waals surface area contributed by atoms with Gasteiger partial charge in [-0.3, -0.25) is 9.69 Å². The minimum absolute atomic E-state index is 0.102. The zero-order chi connectivity index (χ0) is 22.8. The van der Waals surface area contributed by atoms with Gasteiger partial charge in [-0.25, -0.2) is 9.97 Å². The van der Waals surface area contributed by atoms with E-state index in [-0.39, 0.29) is 5.91 Å². The zero-order valence-corrected chi connectivity index (χ0v) is 18.9. The Kier molecular flexibility index (Phi) is 5.80. The number of thioether (sulfide) groups is 1. The number of thiocarbonyl (C=S) groups is 1. The van der Waals surface area contributed by atoms with Crippen molar-refractivity contribution in [3.8, 4) is 11.4 Å². The molecule has 0 spiro atoms. The number of nitrogen functional groups attached to an aromatic ring is 1. The van der Waals surface area contributed by atoms with E-state index in [0.717, 1.165) is 22.0 Å². The van der Waals surface area contributed by atoms with Gasteiger partial charge < -0.3 is 5.73 Å². The molecule has 164 valence electrons. The van der Waals surface area contributed by atoms with Crippen LogP contribution in [0.15, 0.2) is 53.4 Å². The van der Waals surface area contributed by atoms with Crippen molar-refractivity contribution >= 4 is 57.0 Å². The van der Waals surface area contributed by atoms with Gasteiger partial charge in [0, 0.05) is 23.9 Å². The molecule has 0 radical (unpaired) electrons. The molecule has 11 heteroatoms. The van der Waals surface area contributed by atoms with Crippen LogP contribution in [0.4, 0.5) is 5.82 Å². The fraction of sp³-hybridized carbons (Fsp3) is 0.136. The number of benzene rings is 2. The molecule has 0 bridgehead atoms. The summed E-state index contributed by atoms with van der Waals surface area (Å²) in [6.07, 6.45) is 3.14. The maximum atomic E-state index is 12.9. The van der Waals surface area contributed by atoms with Crippen LogP contribution in [-0.2, 0) is 11.2 Å². The van der Waals surface area contributed by atoms with E-state index in [1.807, 2.05) is 54.6 Å². The van der Waals surface area contributed by atoms with Crippen LogP contribution in [0.2, 0.25) is 0 Å². The van der Waals surface area contributed by atoms with Gasteiger partial charge in [0.25, 0.3) is 5.91 Å². The summed E-state index contributed by atoms with van der Waals surface area (Å²) in [6.45, 7) is 0.501.